The minimum atomic E-state index is -0.944. The highest BCUT2D eigenvalue weighted by atomic mass is 32.2. The Balaban J connectivity index is 2.08. The Morgan fingerprint density at radius 3 is 3.07 bits per heavy atom. The molecule has 0 bridgehead atoms. The summed E-state index contributed by atoms with van der Waals surface area (Å²) < 4.78 is 1.94. The average Bonchev–Trinajstić information content (AvgIpc) is 2.64. The third-order valence-electron chi connectivity index (χ3n) is 1.67. The van der Waals surface area contributed by atoms with Gasteiger partial charge in [0.25, 0.3) is 0 Å². The predicted octanol–water partition coefficient (Wildman–Crippen LogP) is 0.0282. The number of imidazole rings is 1. The van der Waals surface area contributed by atoms with E-state index in [-0.39, 0.29) is 0 Å². The Morgan fingerprint density at radius 1 is 1.71 bits per heavy atom. The molecular formula is C8H13N3O2S. The van der Waals surface area contributed by atoms with E-state index in [1.807, 2.05) is 10.8 Å². The van der Waals surface area contributed by atoms with Crippen molar-refractivity contribution in [2.45, 2.75) is 12.6 Å². The first-order valence-corrected chi connectivity index (χ1v) is 5.37. The average molecular weight is 215 g/mol. The van der Waals surface area contributed by atoms with Crippen LogP contribution in [0.2, 0.25) is 0 Å². The van der Waals surface area contributed by atoms with Crippen molar-refractivity contribution in [3.63, 3.8) is 0 Å². The van der Waals surface area contributed by atoms with Gasteiger partial charge in [-0.15, -0.1) is 0 Å². The number of hydrogen-bond donors (Lipinski definition) is 2. The van der Waals surface area contributed by atoms with E-state index in [9.17, 15) is 4.79 Å². The molecule has 1 atom stereocenters. The number of nitrogens with two attached hydrogens (primary N) is 1. The molecule has 0 aromatic carbocycles. The third kappa shape index (κ3) is 3.80. The molecule has 5 nitrogen and oxygen atoms in total. The van der Waals surface area contributed by atoms with Crippen molar-refractivity contribution in [1.29, 1.82) is 0 Å². The van der Waals surface area contributed by atoms with Crippen LogP contribution in [0.3, 0.4) is 0 Å². The van der Waals surface area contributed by atoms with E-state index in [0.29, 0.717) is 5.75 Å². The van der Waals surface area contributed by atoms with Gasteiger partial charge in [0.15, 0.2) is 0 Å². The van der Waals surface area contributed by atoms with Crippen LogP contribution < -0.4 is 5.73 Å². The maximum atomic E-state index is 10.4. The molecule has 0 spiro atoms. The predicted molar refractivity (Wildman–Crippen MR) is 55.2 cm³/mol. The molecule has 0 unspecified atom stereocenters. The summed E-state index contributed by atoms with van der Waals surface area (Å²) in [6.07, 6.45) is 5.32. The molecule has 0 fully saturated rings. The first-order valence-electron chi connectivity index (χ1n) is 4.22. The summed E-state index contributed by atoms with van der Waals surface area (Å²) in [4.78, 5) is 14.3. The maximum Gasteiger partial charge on any atom is 0.321 e. The number of aromatic nitrogens is 2. The van der Waals surface area contributed by atoms with E-state index in [1.54, 1.807) is 12.5 Å². The lowest BCUT2D eigenvalue weighted by atomic mass is 10.4. The second-order valence-electron chi connectivity index (χ2n) is 2.82. The molecule has 3 N–H and O–H groups in total. The van der Waals surface area contributed by atoms with E-state index >= 15 is 0 Å². The number of aliphatic carboxylic acids is 1. The van der Waals surface area contributed by atoms with Gasteiger partial charge in [0.05, 0.1) is 6.33 Å². The number of carboxylic acids is 1. The Hall–Kier alpha value is -1.01. The topological polar surface area (TPSA) is 81.1 Å². The number of rotatable bonds is 6. The zero-order valence-electron chi connectivity index (χ0n) is 7.67. The van der Waals surface area contributed by atoms with Crippen molar-refractivity contribution in [2.75, 3.05) is 11.5 Å². The van der Waals surface area contributed by atoms with Crippen LogP contribution in [0.1, 0.15) is 0 Å². The summed E-state index contributed by atoms with van der Waals surface area (Å²) in [5, 5.41) is 8.51. The summed E-state index contributed by atoms with van der Waals surface area (Å²) in [5.41, 5.74) is 5.34. The van der Waals surface area contributed by atoms with E-state index in [4.69, 9.17) is 10.8 Å². The van der Waals surface area contributed by atoms with Crippen molar-refractivity contribution in [1.82, 2.24) is 9.55 Å². The fourth-order valence-corrected chi connectivity index (χ4v) is 1.77. The zero-order chi connectivity index (χ0) is 10.4. The van der Waals surface area contributed by atoms with Crippen LogP contribution in [0.15, 0.2) is 18.7 Å². The lowest BCUT2D eigenvalue weighted by Gasteiger charge is -2.05. The molecule has 1 aromatic rings. The number of aryl methyl sites for hydroxylation is 1. The van der Waals surface area contributed by atoms with E-state index in [0.717, 1.165) is 12.3 Å². The van der Waals surface area contributed by atoms with Gasteiger partial charge >= 0.3 is 5.97 Å². The summed E-state index contributed by atoms with van der Waals surface area (Å²) >= 11 is 1.53. The quantitative estimate of drug-likeness (QED) is 0.654. The minimum absolute atomic E-state index is 0.448. The largest absolute Gasteiger partial charge is 0.480 e. The van der Waals surface area contributed by atoms with Gasteiger partial charge in [0.2, 0.25) is 0 Å². The molecule has 0 amide bonds. The van der Waals surface area contributed by atoms with Gasteiger partial charge in [-0.2, -0.15) is 11.8 Å². The van der Waals surface area contributed by atoms with Gasteiger partial charge in [-0.05, 0) is 0 Å². The van der Waals surface area contributed by atoms with Crippen molar-refractivity contribution < 1.29 is 9.90 Å². The Labute approximate surface area is 86.3 Å². The summed E-state index contributed by atoms with van der Waals surface area (Å²) in [6.45, 7) is 0.830. The Bertz CT molecular complexity index is 276. The maximum absolute atomic E-state index is 10.4. The number of carboxylic acid groups (broad SMARTS) is 1. The molecule has 1 rings (SSSR count). The molecule has 0 saturated carbocycles. The minimum Gasteiger partial charge on any atom is -0.480 e. The molecule has 6 heteroatoms. The lowest BCUT2D eigenvalue weighted by Crippen LogP contribution is -2.32. The van der Waals surface area contributed by atoms with E-state index < -0.39 is 12.0 Å². The fourth-order valence-electron chi connectivity index (χ4n) is 0.871. The summed E-state index contributed by atoms with van der Waals surface area (Å²) in [7, 11) is 0. The SMILES string of the molecule is N[C@H](CSCCn1ccnc1)C(=O)O. The summed E-state index contributed by atoms with van der Waals surface area (Å²) in [5.74, 6) is 0.349. The number of thioether (sulfide) groups is 1. The second-order valence-corrected chi connectivity index (χ2v) is 3.97. The smallest absolute Gasteiger partial charge is 0.321 e. The van der Waals surface area contributed by atoms with Gasteiger partial charge in [0, 0.05) is 30.4 Å². The van der Waals surface area contributed by atoms with Gasteiger partial charge in [-0.3, -0.25) is 4.79 Å². The number of hydrogen-bond acceptors (Lipinski definition) is 4. The molecule has 0 aliphatic carbocycles. The molecule has 0 radical (unpaired) electrons. The molecule has 1 aromatic heterocycles. The Kier molecular flexibility index (Phi) is 4.48. The van der Waals surface area contributed by atoms with Gasteiger partial charge in [-0.1, -0.05) is 0 Å². The van der Waals surface area contributed by atoms with E-state index in [1.165, 1.54) is 11.8 Å². The van der Waals surface area contributed by atoms with Crippen LogP contribution in [-0.4, -0.2) is 38.2 Å². The van der Waals surface area contributed by atoms with Crippen LogP contribution >= 0.6 is 11.8 Å². The molecule has 14 heavy (non-hydrogen) atoms. The lowest BCUT2D eigenvalue weighted by molar-refractivity contribution is -0.137. The standard InChI is InChI=1S/C8H13N3O2S/c9-7(8(12)13)5-14-4-3-11-2-1-10-6-11/h1-2,6-7H,3-5,9H2,(H,12,13)/t7-/m1/s1. The van der Waals surface area contributed by atoms with Crippen molar-refractivity contribution in [3.05, 3.63) is 18.7 Å². The highest BCUT2D eigenvalue weighted by Gasteiger charge is 2.10. The van der Waals surface area contributed by atoms with Crippen molar-refractivity contribution in [3.8, 4) is 0 Å². The van der Waals surface area contributed by atoms with Gasteiger partial charge < -0.3 is 15.4 Å². The first kappa shape index (κ1) is 11.1. The fraction of sp³-hybridized carbons (Fsp3) is 0.500. The summed E-state index contributed by atoms with van der Waals surface area (Å²) in [6, 6.07) is -0.761. The molecule has 0 aliphatic heterocycles. The molecule has 0 saturated heterocycles. The molecule has 1 heterocycles. The van der Waals surface area contributed by atoms with Gasteiger partial charge in [0.1, 0.15) is 6.04 Å². The Morgan fingerprint density at radius 2 is 2.50 bits per heavy atom. The zero-order valence-corrected chi connectivity index (χ0v) is 8.48. The third-order valence-corrected chi connectivity index (χ3v) is 2.73. The molecule has 78 valence electrons. The van der Waals surface area contributed by atoms with Crippen LogP contribution in [0, 0.1) is 0 Å². The number of carbonyl (C=O) groups is 1. The van der Waals surface area contributed by atoms with Crippen LogP contribution in [0.4, 0.5) is 0 Å². The van der Waals surface area contributed by atoms with Crippen LogP contribution in [0.5, 0.6) is 0 Å². The first-order chi connectivity index (χ1) is 6.70. The monoisotopic (exact) mass is 215 g/mol. The van der Waals surface area contributed by atoms with Crippen LogP contribution in [0.25, 0.3) is 0 Å². The van der Waals surface area contributed by atoms with Crippen molar-refractivity contribution >= 4 is 17.7 Å². The highest BCUT2D eigenvalue weighted by molar-refractivity contribution is 7.99. The van der Waals surface area contributed by atoms with Gasteiger partial charge in [-0.25, -0.2) is 4.98 Å². The second kappa shape index (κ2) is 5.66. The normalized spacial score (nSPS) is 12.6. The molecule has 0 aliphatic rings. The van der Waals surface area contributed by atoms with E-state index in [2.05, 4.69) is 4.98 Å². The highest BCUT2D eigenvalue weighted by Crippen LogP contribution is 2.03. The number of nitrogens with zero attached hydrogens (tertiary/aromatic N) is 2. The molecular weight excluding hydrogens is 202 g/mol. The van der Waals surface area contributed by atoms with Crippen LogP contribution in [-0.2, 0) is 11.3 Å². The van der Waals surface area contributed by atoms with Crippen molar-refractivity contribution in [2.24, 2.45) is 5.73 Å².